The predicted molar refractivity (Wildman–Crippen MR) is 90.1 cm³/mol. The molecule has 0 amide bonds. The van der Waals surface area contributed by atoms with Crippen LogP contribution in [-0.2, 0) is 0 Å². The van der Waals surface area contributed by atoms with Gasteiger partial charge in [-0.3, -0.25) is 4.90 Å². The molecule has 0 saturated carbocycles. The van der Waals surface area contributed by atoms with Gasteiger partial charge in [-0.2, -0.15) is 0 Å². The first-order chi connectivity index (χ1) is 9.79. The number of hydrogen-bond donors (Lipinski definition) is 1. The number of likely N-dealkylation sites (tertiary alicyclic amines) is 1. The number of nitrogens with two attached hydrogens (primary N) is 1. The van der Waals surface area contributed by atoms with Crippen molar-refractivity contribution in [1.82, 2.24) is 4.90 Å². The molecule has 1 fully saturated rings. The topological polar surface area (TPSA) is 29.3 Å². The molecule has 0 radical (unpaired) electrons. The van der Waals surface area contributed by atoms with E-state index >= 15 is 0 Å². The summed E-state index contributed by atoms with van der Waals surface area (Å²) in [5, 5.41) is 0. The number of nitrogens with zero attached hydrogens (tertiary/aromatic N) is 1. The zero-order chi connectivity index (χ0) is 14.6. The second-order valence-corrected chi connectivity index (χ2v) is 6.74. The van der Waals surface area contributed by atoms with Gasteiger partial charge in [0.1, 0.15) is 0 Å². The lowest BCUT2D eigenvalue weighted by atomic mass is 10.0. The molecular formula is C18H38N2. The molecule has 0 aromatic heterocycles. The molecule has 2 N–H and O–H groups in total. The van der Waals surface area contributed by atoms with Crippen LogP contribution in [0.3, 0.4) is 0 Å². The minimum Gasteiger partial charge on any atom is -0.329 e. The molecule has 0 aromatic carbocycles. The molecule has 0 aromatic rings. The van der Waals surface area contributed by atoms with E-state index in [-0.39, 0.29) is 0 Å². The Kier molecular flexibility index (Phi) is 10.4. The van der Waals surface area contributed by atoms with E-state index in [9.17, 15) is 0 Å². The lowest BCUT2D eigenvalue weighted by Gasteiger charge is -2.34. The molecule has 1 rings (SSSR count). The highest BCUT2D eigenvalue weighted by atomic mass is 15.2. The Hall–Kier alpha value is -0.0800. The lowest BCUT2D eigenvalue weighted by molar-refractivity contribution is 0.140. The van der Waals surface area contributed by atoms with Crippen LogP contribution in [0.25, 0.3) is 0 Å². The van der Waals surface area contributed by atoms with Crippen LogP contribution in [0.2, 0.25) is 0 Å². The lowest BCUT2D eigenvalue weighted by Crippen LogP contribution is -2.45. The molecule has 2 nitrogen and oxygen atoms in total. The highest BCUT2D eigenvalue weighted by molar-refractivity contribution is 4.80. The summed E-state index contributed by atoms with van der Waals surface area (Å²) in [5.74, 6) is 0. The molecule has 0 bridgehead atoms. The third-order valence-corrected chi connectivity index (χ3v) is 4.99. The average molecular weight is 283 g/mol. The van der Waals surface area contributed by atoms with Gasteiger partial charge >= 0.3 is 0 Å². The SMILES string of the molecule is CCCCCCCCCC(CN)N1CCCCCC1C. The van der Waals surface area contributed by atoms with Gasteiger partial charge in [0.25, 0.3) is 0 Å². The Morgan fingerprint density at radius 2 is 1.70 bits per heavy atom. The van der Waals surface area contributed by atoms with Gasteiger partial charge in [0.05, 0.1) is 0 Å². The molecule has 20 heavy (non-hydrogen) atoms. The zero-order valence-electron chi connectivity index (χ0n) is 14.1. The molecule has 1 aliphatic heterocycles. The largest absolute Gasteiger partial charge is 0.329 e. The van der Waals surface area contributed by atoms with Crippen LogP contribution < -0.4 is 5.73 Å². The van der Waals surface area contributed by atoms with E-state index in [2.05, 4.69) is 18.7 Å². The maximum Gasteiger partial charge on any atom is 0.0221 e. The van der Waals surface area contributed by atoms with Crippen molar-refractivity contribution in [2.24, 2.45) is 5.73 Å². The minimum atomic E-state index is 0.638. The van der Waals surface area contributed by atoms with E-state index in [0.717, 1.165) is 12.6 Å². The number of unbranched alkanes of at least 4 members (excludes halogenated alkanes) is 6. The fourth-order valence-electron chi connectivity index (χ4n) is 3.60. The quantitative estimate of drug-likeness (QED) is 0.587. The first-order valence-corrected chi connectivity index (χ1v) is 9.25. The molecular weight excluding hydrogens is 244 g/mol. The van der Waals surface area contributed by atoms with Crippen LogP contribution in [0, 0.1) is 0 Å². The summed E-state index contributed by atoms with van der Waals surface area (Å²) in [7, 11) is 0. The summed E-state index contributed by atoms with van der Waals surface area (Å²) in [6.07, 6.45) is 16.7. The molecule has 1 saturated heterocycles. The minimum absolute atomic E-state index is 0.638. The second-order valence-electron chi connectivity index (χ2n) is 6.74. The molecule has 2 unspecified atom stereocenters. The molecule has 0 spiro atoms. The number of hydrogen-bond acceptors (Lipinski definition) is 2. The van der Waals surface area contributed by atoms with Gasteiger partial charge in [-0.25, -0.2) is 0 Å². The monoisotopic (exact) mass is 282 g/mol. The summed E-state index contributed by atoms with van der Waals surface area (Å²) in [5.41, 5.74) is 6.06. The normalized spacial score (nSPS) is 22.6. The Balaban J connectivity index is 2.17. The predicted octanol–water partition coefficient (Wildman–Crippen LogP) is 4.72. The van der Waals surface area contributed by atoms with E-state index < -0.39 is 0 Å². The molecule has 2 heteroatoms. The van der Waals surface area contributed by atoms with Crippen LogP contribution in [0.5, 0.6) is 0 Å². The van der Waals surface area contributed by atoms with Gasteiger partial charge in [-0.05, 0) is 32.7 Å². The maximum atomic E-state index is 6.06. The summed E-state index contributed by atoms with van der Waals surface area (Å²) >= 11 is 0. The summed E-state index contributed by atoms with van der Waals surface area (Å²) in [4.78, 5) is 2.71. The Morgan fingerprint density at radius 1 is 1.00 bits per heavy atom. The van der Waals surface area contributed by atoms with E-state index in [0.29, 0.717) is 6.04 Å². The standard InChI is InChI=1S/C18H38N2/c1-3-4-5-6-7-8-11-14-18(16-19)20-15-12-9-10-13-17(20)2/h17-18H,3-16,19H2,1-2H3. The van der Waals surface area contributed by atoms with Crippen molar-refractivity contribution in [3.8, 4) is 0 Å². The zero-order valence-corrected chi connectivity index (χ0v) is 14.1. The fourth-order valence-corrected chi connectivity index (χ4v) is 3.60. The van der Waals surface area contributed by atoms with Crippen molar-refractivity contribution in [1.29, 1.82) is 0 Å². The smallest absolute Gasteiger partial charge is 0.0221 e. The van der Waals surface area contributed by atoms with Crippen LogP contribution >= 0.6 is 0 Å². The first-order valence-electron chi connectivity index (χ1n) is 9.25. The van der Waals surface area contributed by atoms with Crippen molar-refractivity contribution in [2.75, 3.05) is 13.1 Å². The second kappa shape index (κ2) is 11.6. The Bertz CT molecular complexity index is 217. The van der Waals surface area contributed by atoms with Gasteiger partial charge in [-0.15, -0.1) is 0 Å². The molecule has 1 aliphatic rings. The third kappa shape index (κ3) is 7.08. The number of rotatable bonds is 10. The highest BCUT2D eigenvalue weighted by Crippen LogP contribution is 2.21. The average Bonchev–Trinajstić information content (AvgIpc) is 2.67. The van der Waals surface area contributed by atoms with Gasteiger partial charge in [0.15, 0.2) is 0 Å². The fraction of sp³-hybridized carbons (Fsp3) is 1.00. The van der Waals surface area contributed by atoms with E-state index in [1.54, 1.807) is 0 Å². The molecule has 2 atom stereocenters. The van der Waals surface area contributed by atoms with Crippen molar-refractivity contribution in [3.05, 3.63) is 0 Å². The van der Waals surface area contributed by atoms with Crippen LogP contribution in [0.15, 0.2) is 0 Å². The van der Waals surface area contributed by atoms with E-state index in [1.807, 2.05) is 0 Å². The van der Waals surface area contributed by atoms with Crippen molar-refractivity contribution < 1.29 is 0 Å². The Morgan fingerprint density at radius 3 is 2.40 bits per heavy atom. The van der Waals surface area contributed by atoms with E-state index in [1.165, 1.54) is 83.6 Å². The third-order valence-electron chi connectivity index (χ3n) is 4.99. The molecule has 0 aliphatic carbocycles. The molecule has 1 heterocycles. The van der Waals surface area contributed by atoms with Crippen LogP contribution in [-0.4, -0.2) is 30.1 Å². The molecule has 120 valence electrons. The van der Waals surface area contributed by atoms with Crippen molar-refractivity contribution in [3.63, 3.8) is 0 Å². The van der Waals surface area contributed by atoms with Gasteiger partial charge in [0.2, 0.25) is 0 Å². The van der Waals surface area contributed by atoms with Gasteiger partial charge in [0, 0.05) is 18.6 Å². The first kappa shape index (κ1) is 18.0. The maximum absolute atomic E-state index is 6.06. The Labute approximate surface area is 127 Å². The van der Waals surface area contributed by atoms with Gasteiger partial charge < -0.3 is 5.73 Å². The summed E-state index contributed by atoms with van der Waals surface area (Å²) < 4.78 is 0. The van der Waals surface area contributed by atoms with Crippen LogP contribution in [0.4, 0.5) is 0 Å². The van der Waals surface area contributed by atoms with E-state index in [4.69, 9.17) is 5.73 Å². The van der Waals surface area contributed by atoms with Crippen molar-refractivity contribution >= 4 is 0 Å². The van der Waals surface area contributed by atoms with Gasteiger partial charge in [-0.1, -0.05) is 64.7 Å². The summed E-state index contributed by atoms with van der Waals surface area (Å²) in [6, 6.07) is 1.38. The van der Waals surface area contributed by atoms with Crippen LogP contribution in [0.1, 0.15) is 90.9 Å². The highest BCUT2D eigenvalue weighted by Gasteiger charge is 2.23. The summed E-state index contributed by atoms with van der Waals surface area (Å²) in [6.45, 7) is 6.81. The van der Waals surface area contributed by atoms with Crippen molar-refractivity contribution in [2.45, 2.75) is 103 Å².